The minimum absolute atomic E-state index is 0.167. The molecule has 4 aromatic rings. The van der Waals surface area contributed by atoms with E-state index in [0.717, 1.165) is 33.6 Å². The molecule has 2 aliphatic heterocycles. The van der Waals surface area contributed by atoms with Gasteiger partial charge in [0.1, 0.15) is 5.25 Å². The fourth-order valence-corrected chi connectivity index (χ4v) is 7.84. The number of aryl methyl sites for hydroxylation is 1. The molecular weight excluding hydrogens is 608 g/mol. The monoisotopic (exact) mass is 632 g/mol. The minimum atomic E-state index is -0.863. The Morgan fingerprint density at radius 2 is 1.75 bits per heavy atom. The predicted molar refractivity (Wildman–Crippen MR) is 164 cm³/mol. The highest BCUT2D eigenvalue weighted by molar-refractivity contribution is 8.00. The number of nitrogens with zero attached hydrogens (tertiary/aromatic N) is 2. The number of amides is 3. The molecule has 0 aliphatic carbocycles. The number of hydrogen-bond donors (Lipinski definition) is 2. The Morgan fingerprint density at radius 3 is 2.43 bits per heavy atom. The Labute approximate surface area is 258 Å². The Bertz CT molecular complexity index is 1850. The number of thioether (sulfide) groups is 1. The van der Waals surface area contributed by atoms with Gasteiger partial charge in [-0.05, 0) is 48.9 Å². The molecule has 0 saturated carbocycles. The quantitative estimate of drug-likeness (QED) is 0.162. The topological polar surface area (TPSA) is 161 Å². The molecule has 14 heteroatoms. The largest absolute Gasteiger partial charge is 0.493 e. The molecule has 224 valence electrons. The standard InChI is InChI=1S/C30H24N4O8S2/c1-15-3-6-17(7-4-15)31-22(35)14-42-20-12-5-16(13-21(20)41-2)23-24-26(43-27-25(23)44-30(38)32-27)29(37)33(28(24)36)18-8-10-19(11-9-18)34(39)40/h3-13,23-24,26H,14H2,1-2H3,(H,31,35)(H,32,38)/t23-,24?,26?/m1/s1. The second kappa shape index (κ2) is 11.6. The lowest BCUT2D eigenvalue weighted by Crippen LogP contribution is -2.32. The van der Waals surface area contributed by atoms with Gasteiger partial charge in [-0.3, -0.25) is 29.3 Å². The van der Waals surface area contributed by atoms with Crippen LogP contribution in [0, 0.1) is 23.0 Å². The number of imide groups is 1. The van der Waals surface area contributed by atoms with Gasteiger partial charge < -0.3 is 19.8 Å². The summed E-state index contributed by atoms with van der Waals surface area (Å²) in [4.78, 5) is 67.1. The van der Waals surface area contributed by atoms with E-state index in [2.05, 4.69) is 10.3 Å². The fourth-order valence-electron chi connectivity index (χ4n) is 5.33. The SMILES string of the molecule is COc1cc([C@H]2c3sc(=O)[nH]c3SC3C(=O)N(c4ccc([N+](=O)[O-])cc4)C(=O)C32)ccc1OCC(=O)Nc1ccc(C)cc1. The number of methoxy groups -OCH3 is 1. The molecular formula is C30H24N4O8S2. The van der Waals surface area contributed by atoms with Crippen molar-refractivity contribution in [1.82, 2.24) is 4.98 Å². The lowest BCUT2D eigenvalue weighted by Gasteiger charge is -2.30. The van der Waals surface area contributed by atoms with Crippen molar-refractivity contribution in [2.75, 3.05) is 23.9 Å². The maximum atomic E-state index is 13.9. The van der Waals surface area contributed by atoms with Gasteiger partial charge in [0, 0.05) is 28.6 Å². The highest BCUT2D eigenvalue weighted by atomic mass is 32.2. The Hall–Kier alpha value is -4.95. The number of rotatable bonds is 8. The second-order valence-corrected chi connectivity index (χ2v) is 12.3. The highest BCUT2D eigenvalue weighted by Gasteiger charge is 2.56. The van der Waals surface area contributed by atoms with E-state index in [1.807, 2.05) is 19.1 Å². The molecule has 3 atom stereocenters. The molecule has 0 bridgehead atoms. The first-order valence-electron chi connectivity index (χ1n) is 13.3. The number of thiazole rings is 1. The zero-order valence-electron chi connectivity index (χ0n) is 23.3. The van der Waals surface area contributed by atoms with E-state index < -0.39 is 33.8 Å². The van der Waals surface area contributed by atoms with Crippen molar-refractivity contribution >= 4 is 57.9 Å². The van der Waals surface area contributed by atoms with Crippen LogP contribution in [-0.4, -0.2) is 46.6 Å². The lowest BCUT2D eigenvalue weighted by molar-refractivity contribution is -0.384. The van der Waals surface area contributed by atoms with E-state index in [1.54, 1.807) is 30.3 Å². The third-order valence-corrected chi connectivity index (χ3v) is 9.78. The molecule has 0 spiro atoms. The van der Waals surface area contributed by atoms with Crippen LogP contribution in [-0.2, 0) is 14.4 Å². The van der Waals surface area contributed by atoms with Crippen LogP contribution in [0.1, 0.15) is 21.9 Å². The summed E-state index contributed by atoms with van der Waals surface area (Å²) in [5, 5.41) is 13.5. The number of aromatic nitrogens is 1. The van der Waals surface area contributed by atoms with E-state index in [0.29, 0.717) is 32.7 Å². The van der Waals surface area contributed by atoms with Crippen molar-refractivity contribution in [3.05, 3.63) is 103 Å². The van der Waals surface area contributed by atoms with Gasteiger partial charge >= 0.3 is 4.87 Å². The molecule has 1 fully saturated rings. The average Bonchev–Trinajstić information content (AvgIpc) is 3.51. The van der Waals surface area contributed by atoms with Gasteiger partial charge in [0.15, 0.2) is 18.1 Å². The van der Waals surface area contributed by atoms with Gasteiger partial charge in [-0.2, -0.15) is 0 Å². The molecule has 12 nitrogen and oxygen atoms in total. The number of carbonyl (C=O) groups excluding carboxylic acids is 3. The normalized spacial score (nSPS) is 18.9. The molecule has 6 rings (SSSR count). The lowest BCUT2D eigenvalue weighted by atomic mass is 9.83. The first-order valence-corrected chi connectivity index (χ1v) is 15.0. The molecule has 3 amide bonds. The number of nitro benzene ring substituents is 1. The van der Waals surface area contributed by atoms with Crippen molar-refractivity contribution < 1.29 is 28.8 Å². The Kier molecular flexibility index (Phi) is 7.69. The summed E-state index contributed by atoms with van der Waals surface area (Å²) < 4.78 is 11.3. The molecule has 44 heavy (non-hydrogen) atoms. The van der Waals surface area contributed by atoms with Crippen molar-refractivity contribution in [3.8, 4) is 11.5 Å². The van der Waals surface area contributed by atoms with E-state index in [4.69, 9.17) is 9.47 Å². The van der Waals surface area contributed by atoms with Gasteiger partial charge in [0.2, 0.25) is 11.8 Å². The highest BCUT2D eigenvalue weighted by Crippen LogP contribution is 2.53. The maximum Gasteiger partial charge on any atom is 0.305 e. The number of nitrogens with one attached hydrogen (secondary N) is 2. The molecule has 2 unspecified atom stereocenters. The van der Waals surface area contributed by atoms with Crippen LogP contribution in [0.15, 0.2) is 76.6 Å². The first-order chi connectivity index (χ1) is 21.1. The minimum Gasteiger partial charge on any atom is -0.493 e. The fraction of sp³-hybridized carbons (Fsp3) is 0.200. The summed E-state index contributed by atoms with van der Waals surface area (Å²) in [5.74, 6) is -2.27. The molecule has 0 radical (unpaired) electrons. The maximum absolute atomic E-state index is 13.9. The molecule has 3 heterocycles. The van der Waals surface area contributed by atoms with Crippen LogP contribution in [0.4, 0.5) is 17.1 Å². The van der Waals surface area contributed by atoms with Crippen molar-refractivity contribution in [3.63, 3.8) is 0 Å². The third kappa shape index (κ3) is 5.33. The Morgan fingerprint density at radius 1 is 1.02 bits per heavy atom. The van der Waals surface area contributed by atoms with E-state index in [-0.39, 0.29) is 28.8 Å². The summed E-state index contributed by atoms with van der Waals surface area (Å²) in [5.41, 5.74) is 2.36. The van der Waals surface area contributed by atoms with E-state index in [1.165, 1.54) is 31.4 Å². The summed E-state index contributed by atoms with van der Waals surface area (Å²) >= 11 is 2.09. The van der Waals surface area contributed by atoms with Crippen molar-refractivity contribution in [2.24, 2.45) is 5.92 Å². The molecule has 2 N–H and O–H groups in total. The summed E-state index contributed by atoms with van der Waals surface area (Å²) in [6.07, 6.45) is 0. The predicted octanol–water partition coefficient (Wildman–Crippen LogP) is 4.47. The van der Waals surface area contributed by atoms with Gasteiger partial charge in [-0.1, -0.05) is 46.9 Å². The average molecular weight is 633 g/mol. The molecule has 3 aromatic carbocycles. The van der Waals surface area contributed by atoms with Gasteiger partial charge in [0.25, 0.3) is 11.6 Å². The van der Waals surface area contributed by atoms with Crippen LogP contribution in [0.2, 0.25) is 0 Å². The number of fused-ring (bicyclic) bond motifs is 2. The van der Waals surface area contributed by atoms with E-state index >= 15 is 0 Å². The number of anilines is 2. The van der Waals surface area contributed by atoms with Crippen LogP contribution in [0.5, 0.6) is 11.5 Å². The smallest absolute Gasteiger partial charge is 0.305 e. The summed E-state index contributed by atoms with van der Waals surface area (Å²) in [7, 11) is 1.44. The van der Waals surface area contributed by atoms with Gasteiger partial charge in [0.05, 0.1) is 28.7 Å². The zero-order valence-corrected chi connectivity index (χ0v) is 24.9. The second-order valence-electron chi connectivity index (χ2n) is 10.1. The number of hydrogen-bond acceptors (Lipinski definition) is 10. The Balaban J connectivity index is 1.29. The number of non-ortho nitro benzene ring substituents is 1. The number of carbonyl (C=O) groups is 3. The van der Waals surface area contributed by atoms with Crippen molar-refractivity contribution in [1.29, 1.82) is 0 Å². The van der Waals surface area contributed by atoms with Crippen LogP contribution >= 0.6 is 23.1 Å². The van der Waals surface area contributed by atoms with Crippen LogP contribution in [0.3, 0.4) is 0 Å². The number of aromatic amines is 1. The summed E-state index contributed by atoms with van der Waals surface area (Å²) in [6, 6.07) is 17.6. The number of nitro groups is 1. The number of H-pyrrole nitrogens is 1. The van der Waals surface area contributed by atoms with Crippen LogP contribution in [0.25, 0.3) is 0 Å². The van der Waals surface area contributed by atoms with Crippen LogP contribution < -0.4 is 24.6 Å². The van der Waals surface area contributed by atoms with Gasteiger partial charge in [-0.25, -0.2) is 4.90 Å². The summed E-state index contributed by atoms with van der Waals surface area (Å²) in [6.45, 7) is 1.67. The molecule has 1 aromatic heterocycles. The third-order valence-electron chi connectivity index (χ3n) is 7.38. The molecule has 1 saturated heterocycles. The van der Waals surface area contributed by atoms with E-state index in [9.17, 15) is 29.3 Å². The first kappa shape index (κ1) is 29.1. The zero-order chi connectivity index (χ0) is 31.1. The van der Waals surface area contributed by atoms with Crippen molar-refractivity contribution in [2.45, 2.75) is 23.1 Å². The number of ether oxygens (including phenoxy) is 2. The van der Waals surface area contributed by atoms with Gasteiger partial charge in [-0.15, -0.1) is 0 Å². The molecule has 2 aliphatic rings. The number of benzene rings is 3.